The van der Waals surface area contributed by atoms with E-state index < -0.39 is 0 Å². The standard InChI is InChI=1S/C15H17N3O2S2/c1-11-9-18-12(16-11)5-4-6-14(18)21-8-3-2-7-17-13(19)10-22-15(17)20/h4-6,9H,2-3,7-8,10H2,1H3. The largest absolute Gasteiger partial charge is 0.294 e. The van der Waals surface area contributed by atoms with Crippen LogP contribution in [-0.4, -0.2) is 43.5 Å². The van der Waals surface area contributed by atoms with Gasteiger partial charge >= 0.3 is 0 Å². The summed E-state index contributed by atoms with van der Waals surface area (Å²) in [7, 11) is 0. The van der Waals surface area contributed by atoms with Crippen LogP contribution in [0.1, 0.15) is 18.5 Å². The second kappa shape index (κ2) is 6.75. The predicted molar refractivity (Wildman–Crippen MR) is 89.5 cm³/mol. The summed E-state index contributed by atoms with van der Waals surface area (Å²) in [6.07, 6.45) is 3.86. The molecule has 0 aromatic carbocycles. The molecule has 0 aliphatic carbocycles. The summed E-state index contributed by atoms with van der Waals surface area (Å²) < 4.78 is 2.10. The van der Waals surface area contributed by atoms with Crippen molar-refractivity contribution in [2.75, 3.05) is 18.1 Å². The van der Waals surface area contributed by atoms with Crippen LogP contribution in [0.5, 0.6) is 0 Å². The van der Waals surface area contributed by atoms with Crippen LogP contribution >= 0.6 is 23.5 Å². The maximum atomic E-state index is 11.5. The molecule has 5 nitrogen and oxygen atoms in total. The monoisotopic (exact) mass is 335 g/mol. The van der Waals surface area contributed by atoms with Gasteiger partial charge in [-0.1, -0.05) is 17.8 Å². The van der Waals surface area contributed by atoms with Gasteiger partial charge in [0.05, 0.1) is 16.5 Å². The summed E-state index contributed by atoms with van der Waals surface area (Å²) in [4.78, 5) is 28.8. The van der Waals surface area contributed by atoms with E-state index in [9.17, 15) is 9.59 Å². The van der Waals surface area contributed by atoms with Crippen molar-refractivity contribution in [1.82, 2.24) is 14.3 Å². The van der Waals surface area contributed by atoms with Crippen LogP contribution in [0.4, 0.5) is 4.79 Å². The minimum Gasteiger partial charge on any atom is -0.294 e. The fourth-order valence-electron chi connectivity index (χ4n) is 2.37. The normalized spacial score (nSPS) is 15.2. The third kappa shape index (κ3) is 3.30. The van der Waals surface area contributed by atoms with Crippen molar-refractivity contribution in [3.8, 4) is 0 Å². The number of unbranched alkanes of at least 4 members (excludes halogenated alkanes) is 1. The number of aryl methyl sites for hydroxylation is 1. The molecule has 0 atom stereocenters. The molecule has 2 aromatic rings. The van der Waals surface area contributed by atoms with Gasteiger partial charge in [0.2, 0.25) is 5.91 Å². The minimum absolute atomic E-state index is 0.0543. The van der Waals surface area contributed by atoms with Crippen molar-refractivity contribution in [1.29, 1.82) is 0 Å². The second-order valence-corrected chi connectivity index (χ2v) is 7.17. The summed E-state index contributed by atoms with van der Waals surface area (Å²) in [5, 5.41) is 1.07. The van der Waals surface area contributed by atoms with Crippen LogP contribution < -0.4 is 0 Å². The average Bonchev–Trinajstić information content (AvgIpc) is 3.02. The molecule has 2 aromatic heterocycles. The zero-order chi connectivity index (χ0) is 15.5. The molecule has 3 rings (SSSR count). The Morgan fingerprint density at radius 3 is 2.95 bits per heavy atom. The van der Waals surface area contributed by atoms with E-state index in [1.807, 2.05) is 25.3 Å². The quantitative estimate of drug-likeness (QED) is 0.599. The summed E-state index contributed by atoms with van der Waals surface area (Å²) in [6, 6.07) is 6.10. The van der Waals surface area contributed by atoms with Gasteiger partial charge in [-0.05, 0) is 37.7 Å². The van der Waals surface area contributed by atoms with Crippen LogP contribution in [0, 0.1) is 6.92 Å². The number of nitrogens with zero attached hydrogens (tertiary/aromatic N) is 3. The van der Waals surface area contributed by atoms with E-state index in [4.69, 9.17) is 0 Å². The molecule has 1 fully saturated rings. The number of carbonyl (C=O) groups excluding carboxylic acids is 2. The number of hydrogen-bond acceptors (Lipinski definition) is 5. The Balaban J connectivity index is 1.48. The zero-order valence-electron chi connectivity index (χ0n) is 12.3. The third-order valence-electron chi connectivity index (χ3n) is 3.44. The molecule has 116 valence electrons. The van der Waals surface area contributed by atoms with Crippen LogP contribution in [0.25, 0.3) is 5.65 Å². The van der Waals surface area contributed by atoms with E-state index >= 15 is 0 Å². The van der Waals surface area contributed by atoms with E-state index in [1.54, 1.807) is 11.8 Å². The fourth-order valence-corrected chi connectivity index (χ4v) is 4.14. The second-order valence-electron chi connectivity index (χ2n) is 5.13. The van der Waals surface area contributed by atoms with Gasteiger partial charge in [0, 0.05) is 12.7 Å². The molecule has 0 N–H and O–H groups in total. The molecular formula is C15H17N3O2S2. The number of aromatic nitrogens is 2. The molecule has 1 aliphatic heterocycles. The lowest BCUT2D eigenvalue weighted by Gasteiger charge is -2.12. The highest BCUT2D eigenvalue weighted by Crippen LogP contribution is 2.22. The van der Waals surface area contributed by atoms with Gasteiger partial charge in [-0.15, -0.1) is 11.8 Å². The van der Waals surface area contributed by atoms with Gasteiger partial charge < -0.3 is 0 Å². The molecule has 0 saturated carbocycles. The minimum atomic E-state index is -0.101. The van der Waals surface area contributed by atoms with Gasteiger partial charge in [0.25, 0.3) is 5.24 Å². The average molecular weight is 335 g/mol. The summed E-state index contributed by atoms with van der Waals surface area (Å²) in [6.45, 7) is 2.53. The number of pyridine rings is 1. The van der Waals surface area contributed by atoms with Gasteiger partial charge in [0.15, 0.2) is 0 Å². The molecule has 0 unspecified atom stereocenters. The number of hydrogen-bond donors (Lipinski definition) is 0. The first kappa shape index (κ1) is 15.4. The number of carbonyl (C=O) groups is 2. The molecule has 22 heavy (non-hydrogen) atoms. The first-order chi connectivity index (χ1) is 10.6. The van der Waals surface area contributed by atoms with E-state index in [0.29, 0.717) is 12.3 Å². The Hall–Kier alpha value is -1.47. The van der Waals surface area contributed by atoms with E-state index in [1.165, 1.54) is 9.93 Å². The van der Waals surface area contributed by atoms with Crippen molar-refractivity contribution >= 4 is 40.3 Å². The third-order valence-corrected chi connectivity index (χ3v) is 5.42. The van der Waals surface area contributed by atoms with Crippen molar-refractivity contribution < 1.29 is 9.59 Å². The molecule has 2 amide bonds. The Bertz CT molecular complexity index is 698. The molecule has 0 spiro atoms. The first-order valence-corrected chi connectivity index (χ1v) is 9.17. The Morgan fingerprint density at radius 1 is 1.32 bits per heavy atom. The van der Waals surface area contributed by atoms with E-state index in [0.717, 1.165) is 41.7 Å². The lowest BCUT2D eigenvalue weighted by Crippen LogP contribution is -2.29. The van der Waals surface area contributed by atoms with Gasteiger partial charge in [-0.3, -0.25) is 18.9 Å². The maximum absolute atomic E-state index is 11.5. The summed E-state index contributed by atoms with van der Waals surface area (Å²) in [5.41, 5.74) is 1.98. The number of amides is 2. The molecule has 1 aliphatic rings. The van der Waals surface area contributed by atoms with Crippen molar-refractivity contribution in [3.63, 3.8) is 0 Å². The predicted octanol–water partition coefficient (Wildman–Crippen LogP) is 3.21. The highest BCUT2D eigenvalue weighted by atomic mass is 32.2. The molecule has 3 heterocycles. The van der Waals surface area contributed by atoms with E-state index in [-0.39, 0.29) is 11.1 Å². The molecular weight excluding hydrogens is 318 g/mol. The number of imidazole rings is 1. The molecule has 0 bridgehead atoms. The Labute approximate surface area is 137 Å². The highest BCUT2D eigenvalue weighted by Gasteiger charge is 2.28. The van der Waals surface area contributed by atoms with Gasteiger partial charge in [-0.25, -0.2) is 4.98 Å². The van der Waals surface area contributed by atoms with Crippen LogP contribution in [0.2, 0.25) is 0 Å². The van der Waals surface area contributed by atoms with E-state index in [2.05, 4.69) is 15.5 Å². The van der Waals surface area contributed by atoms with Crippen molar-refractivity contribution in [2.24, 2.45) is 0 Å². The number of thioether (sulfide) groups is 2. The number of rotatable bonds is 6. The SMILES string of the molecule is Cc1cn2c(SCCCCN3C(=O)CSC3=O)cccc2n1. The highest BCUT2D eigenvalue weighted by molar-refractivity contribution is 8.14. The summed E-state index contributed by atoms with van der Waals surface area (Å²) >= 11 is 2.88. The van der Waals surface area contributed by atoms with Crippen molar-refractivity contribution in [3.05, 3.63) is 30.1 Å². The first-order valence-electron chi connectivity index (χ1n) is 7.20. The molecule has 1 saturated heterocycles. The summed E-state index contributed by atoms with van der Waals surface area (Å²) in [5.74, 6) is 1.20. The molecule has 7 heteroatoms. The topological polar surface area (TPSA) is 54.7 Å². The number of imide groups is 1. The maximum Gasteiger partial charge on any atom is 0.288 e. The molecule has 0 radical (unpaired) electrons. The van der Waals surface area contributed by atoms with Crippen LogP contribution in [0.15, 0.2) is 29.4 Å². The number of fused-ring (bicyclic) bond motifs is 1. The fraction of sp³-hybridized carbons (Fsp3) is 0.400. The Morgan fingerprint density at radius 2 is 2.18 bits per heavy atom. The lowest BCUT2D eigenvalue weighted by atomic mass is 10.3. The van der Waals surface area contributed by atoms with Crippen molar-refractivity contribution in [2.45, 2.75) is 24.8 Å². The van der Waals surface area contributed by atoms with Gasteiger partial charge in [0.1, 0.15) is 5.65 Å². The lowest BCUT2D eigenvalue weighted by molar-refractivity contribution is -0.124. The van der Waals surface area contributed by atoms with Crippen LogP contribution in [-0.2, 0) is 4.79 Å². The smallest absolute Gasteiger partial charge is 0.288 e. The van der Waals surface area contributed by atoms with Crippen LogP contribution in [0.3, 0.4) is 0 Å². The Kier molecular flexibility index (Phi) is 4.73. The zero-order valence-corrected chi connectivity index (χ0v) is 14.0. The van der Waals surface area contributed by atoms with Gasteiger partial charge in [-0.2, -0.15) is 0 Å².